The molecular weight excluding hydrogens is 414 g/mol. The van der Waals surface area contributed by atoms with Gasteiger partial charge in [-0.05, 0) is 52.4 Å². The van der Waals surface area contributed by atoms with Crippen LogP contribution >= 0.6 is 0 Å². The molecule has 4 aromatic rings. The Morgan fingerprint density at radius 1 is 0.879 bits per heavy atom. The van der Waals surface area contributed by atoms with Crippen LogP contribution in [-0.2, 0) is 4.74 Å². The summed E-state index contributed by atoms with van der Waals surface area (Å²) in [6.45, 7) is 0.399. The zero-order valence-corrected chi connectivity index (χ0v) is 18.4. The van der Waals surface area contributed by atoms with E-state index in [0.717, 1.165) is 44.3 Å². The normalized spacial score (nSPS) is 12.5. The molecule has 0 amide bonds. The Morgan fingerprint density at radius 3 is 2.33 bits per heavy atom. The Kier molecular flexibility index (Phi) is 5.23. The van der Waals surface area contributed by atoms with Crippen LogP contribution in [0, 0.1) is 0 Å². The number of nitrogens with two attached hydrogens (primary N) is 1. The van der Waals surface area contributed by atoms with Gasteiger partial charge in [0, 0.05) is 22.2 Å². The maximum absolute atomic E-state index is 13.3. The largest absolute Gasteiger partial charge is 0.497 e. The van der Waals surface area contributed by atoms with Gasteiger partial charge in [-0.2, -0.15) is 0 Å². The van der Waals surface area contributed by atoms with Gasteiger partial charge in [-0.3, -0.25) is 0 Å². The molecule has 0 aliphatic carbocycles. The molecule has 5 rings (SSSR count). The first-order valence-corrected chi connectivity index (χ1v) is 10.6. The topological polar surface area (TPSA) is 70.8 Å². The number of anilines is 1. The summed E-state index contributed by atoms with van der Waals surface area (Å²) in [5, 5.41) is 1.83. The van der Waals surface area contributed by atoms with Crippen molar-refractivity contribution in [1.29, 1.82) is 0 Å². The molecule has 1 heterocycles. The van der Waals surface area contributed by atoms with Crippen LogP contribution in [0.3, 0.4) is 0 Å². The summed E-state index contributed by atoms with van der Waals surface area (Å²) in [5.74, 6) is 1.00. The van der Waals surface area contributed by atoms with Crippen molar-refractivity contribution in [2.45, 2.75) is 0 Å². The van der Waals surface area contributed by atoms with Crippen LogP contribution in [0.25, 0.3) is 27.5 Å². The summed E-state index contributed by atoms with van der Waals surface area (Å²) in [6.07, 6.45) is 1.99. The smallest absolute Gasteiger partial charge is 0.339 e. The summed E-state index contributed by atoms with van der Waals surface area (Å²) in [5.41, 5.74) is 11.4. The van der Waals surface area contributed by atoms with Gasteiger partial charge in [0.05, 0.1) is 19.8 Å². The van der Waals surface area contributed by atoms with E-state index in [9.17, 15) is 4.79 Å². The Morgan fingerprint density at radius 2 is 1.64 bits per heavy atom. The van der Waals surface area contributed by atoms with Crippen LogP contribution < -0.4 is 15.2 Å². The summed E-state index contributed by atoms with van der Waals surface area (Å²) in [4.78, 5) is 13.3. The zero-order chi connectivity index (χ0) is 22.9. The second-order valence-corrected chi connectivity index (χ2v) is 7.77. The molecule has 0 unspecified atom stereocenters. The van der Waals surface area contributed by atoms with Gasteiger partial charge in [0.2, 0.25) is 0 Å². The highest BCUT2D eigenvalue weighted by molar-refractivity contribution is 6.16. The summed E-state index contributed by atoms with van der Waals surface area (Å²) in [6, 6.07) is 23.3. The Hall–Kier alpha value is -4.25. The van der Waals surface area contributed by atoms with E-state index >= 15 is 0 Å². The molecule has 0 aromatic heterocycles. The molecule has 2 N–H and O–H groups in total. The maximum Gasteiger partial charge on any atom is 0.339 e. The number of esters is 1. The molecule has 1 aliphatic rings. The lowest BCUT2D eigenvalue weighted by atomic mass is 9.83. The van der Waals surface area contributed by atoms with Gasteiger partial charge in [-0.15, -0.1) is 0 Å². The first-order valence-electron chi connectivity index (χ1n) is 10.6. The van der Waals surface area contributed by atoms with Crippen LogP contribution in [0.1, 0.15) is 21.5 Å². The molecule has 0 bridgehead atoms. The molecule has 1 aliphatic heterocycles. The predicted octanol–water partition coefficient (Wildman–Crippen LogP) is 5.71. The molecule has 0 saturated heterocycles. The van der Waals surface area contributed by atoms with Gasteiger partial charge >= 0.3 is 5.97 Å². The standard InChI is InChI=1S/C28H23NO4/c1-31-20-12-10-17(11-13-20)21-14-15-33-27-23-9-4-3-8-22(23)24(18-6-5-7-19(29)16-18)26(25(21)27)28(30)32-2/h3-14,16H,15,29H2,1-2H3. The molecule has 0 fully saturated rings. The number of nitrogen functional groups attached to an aromatic ring is 1. The maximum atomic E-state index is 13.3. The number of fused-ring (bicyclic) bond motifs is 3. The molecular formula is C28H23NO4. The predicted molar refractivity (Wildman–Crippen MR) is 131 cm³/mol. The monoisotopic (exact) mass is 437 g/mol. The van der Waals surface area contributed by atoms with Crippen molar-refractivity contribution in [1.82, 2.24) is 0 Å². The lowest BCUT2D eigenvalue weighted by molar-refractivity contribution is 0.0601. The number of hydrogen-bond acceptors (Lipinski definition) is 5. The van der Waals surface area contributed by atoms with Crippen molar-refractivity contribution in [2.75, 3.05) is 26.6 Å². The molecule has 33 heavy (non-hydrogen) atoms. The first-order chi connectivity index (χ1) is 16.1. The number of carbonyl (C=O) groups excluding carboxylic acids is 1. The number of ether oxygens (including phenoxy) is 3. The Bertz CT molecular complexity index is 1400. The van der Waals surface area contributed by atoms with Gasteiger partial charge < -0.3 is 19.9 Å². The van der Waals surface area contributed by atoms with E-state index in [1.54, 1.807) is 7.11 Å². The van der Waals surface area contributed by atoms with Crippen LogP contribution in [0.5, 0.6) is 11.5 Å². The number of hydrogen-bond donors (Lipinski definition) is 1. The van der Waals surface area contributed by atoms with Crippen molar-refractivity contribution < 1.29 is 19.0 Å². The second-order valence-electron chi connectivity index (χ2n) is 7.77. The van der Waals surface area contributed by atoms with Crippen LogP contribution in [-0.4, -0.2) is 26.8 Å². The number of methoxy groups -OCH3 is 2. The number of carbonyl (C=O) groups is 1. The molecule has 5 heteroatoms. The first kappa shape index (κ1) is 20.6. The van der Waals surface area contributed by atoms with E-state index in [1.165, 1.54) is 7.11 Å². The lowest BCUT2D eigenvalue weighted by Gasteiger charge is -2.26. The molecule has 0 saturated carbocycles. The molecule has 0 atom stereocenters. The highest BCUT2D eigenvalue weighted by atomic mass is 16.5. The fourth-order valence-electron chi connectivity index (χ4n) is 4.46. The third-order valence-corrected chi connectivity index (χ3v) is 5.92. The van der Waals surface area contributed by atoms with Crippen LogP contribution in [0.2, 0.25) is 0 Å². The van der Waals surface area contributed by atoms with E-state index in [1.807, 2.05) is 78.9 Å². The van der Waals surface area contributed by atoms with E-state index in [4.69, 9.17) is 19.9 Å². The quantitative estimate of drug-likeness (QED) is 0.327. The van der Waals surface area contributed by atoms with E-state index in [2.05, 4.69) is 0 Å². The molecule has 5 nitrogen and oxygen atoms in total. The zero-order valence-electron chi connectivity index (χ0n) is 18.4. The minimum atomic E-state index is -0.431. The van der Waals surface area contributed by atoms with Gasteiger partial charge in [-0.25, -0.2) is 4.79 Å². The average molecular weight is 437 g/mol. The second kappa shape index (κ2) is 8.36. The van der Waals surface area contributed by atoms with Gasteiger partial charge in [0.25, 0.3) is 0 Å². The van der Waals surface area contributed by atoms with E-state index in [-0.39, 0.29) is 0 Å². The Labute approximate surface area is 192 Å². The van der Waals surface area contributed by atoms with Crippen molar-refractivity contribution >= 4 is 28.0 Å². The van der Waals surface area contributed by atoms with E-state index < -0.39 is 5.97 Å². The van der Waals surface area contributed by atoms with Crippen molar-refractivity contribution in [2.24, 2.45) is 0 Å². The fraction of sp³-hybridized carbons (Fsp3) is 0.107. The minimum Gasteiger partial charge on any atom is -0.497 e. The molecule has 164 valence electrons. The van der Waals surface area contributed by atoms with Gasteiger partial charge in [0.1, 0.15) is 18.1 Å². The minimum absolute atomic E-state index is 0.399. The SMILES string of the molecule is COC(=O)c1c2c(c3ccccc3c1-c1cccc(N)c1)OCC=C2c1ccc(OC)cc1. The van der Waals surface area contributed by atoms with Crippen molar-refractivity contribution in [3.8, 4) is 22.6 Å². The third-order valence-electron chi connectivity index (χ3n) is 5.92. The van der Waals surface area contributed by atoms with Gasteiger partial charge in [0.15, 0.2) is 0 Å². The summed E-state index contributed by atoms with van der Waals surface area (Å²) < 4.78 is 16.8. The highest BCUT2D eigenvalue weighted by Crippen LogP contribution is 2.47. The average Bonchev–Trinajstić information content (AvgIpc) is 2.87. The highest BCUT2D eigenvalue weighted by Gasteiger charge is 2.30. The van der Waals surface area contributed by atoms with Crippen LogP contribution in [0.15, 0.2) is 78.9 Å². The molecule has 0 radical (unpaired) electrons. The summed E-state index contributed by atoms with van der Waals surface area (Å²) in [7, 11) is 3.03. The van der Waals surface area contributed by atoms with Crippen molar-refractivity contribution in [3.63, 3.8) is 0 Å². The number of benzene rings is 4. The molecule has 0 spiro atoms. The van der Waals surface area contributed by atoms with Crippen LogP contribution in [0.4, 0.5) is 5.69 Å². The van der Waals surface area contributed by atoms with E-state index in [0.29, 0.717) is 23.6 Å². The van der Waals surface area contributed by atoms with Gasteiger partial charge in [-0.1, -0.05) is 48.5 Å². The molecule has 4 aromatic carbocycles. The van der Waals surface area contributed by atoms with Crippen molar-refractivity contribution in [3.05, 3.63) is 95.6 Å². The third kappa shape index (κ3) is 3.48. The number of rotatable bonds is 4. The summed E-state index contributed by atoms with van der Waals surface area (Å²) >= 11 is 0. The Balaban J connectivity index is 1.90. The fourth-order valence-corrected chi connectivity index (χ4v) is 4.46. The lowest BCUT2D eigenvalue weighted by Crippen LogP contribution is -2.15.